The zero-order valence-corrected chi connectivity index (χ0v) is 15.0. The summed E-state index contributed by atoms with van der Waals surface area (Å²) < 4.78 is 1.25. The smallest absolute Gasteiger partial charge is 0.330 e. The Morgan fingerprint density at radius 1 is 1.19 bits per heavy atom. The van der Waals surface area contributed by atoms with Crippen LogP contribution in [-0.2, 0) is 17.8 Å². The Bertz CT molecular complexity index is 1020. The molecule has 0 radical (unpaired) electrons. The van der Waals surface area contributed by atoms with Crippen molar-refractivity contribution in [3.05, 3.63) is 79.1 Å². The molecule has 2 heterocycles. The zero-order valence-electron chi connectivity index (χ0n) is 14.1. The SMILES string of the molecule is CN(C(=O)Cc1ccsc1)c1c(N)n(Cc2ccccc2)c(=O)[nH]c1=O. The van der Waals surface area contributed by atoms with Gasteiger partial charge in [-0.25, -0.2) is 4.79 Å². The fourth-order valence-corrected chi connectivity index (χ4v) is 3.30. The number of benzene rings is 1. The molecule has 1 amide bonds. The summed E-state index contributed by atoms with van der Waals surface area (Å²) in [5.41, 5.74) is 6.49. The number of aromatic nitrogens is 2. The van der Waals surface area contributed by atoms with Crippen molar-refractivity contribution >= 4 is 28.7 Å². The van der Waals surface area contributed by atoms with Crippen molar-refractivity contribution in [3.8, 4) is 0 Å². The summed E-state index contributed by atoms with van der Waals surface area (Å²) in [5, 5.41) is 3.75. The third-order valence-corrected chi connectivity index (χ3v) is 4.77. The molecule has 0 atom stereocenters. The average molecular weight is 370 g/mol. The van der Waals surface area contributed by atoms with Gasteiger partial charge in [0.05, 0.1) is 13.0 Å². The number of likely N-dealkylation sites (N-methyl/N-ethyl adjacent to an activating group) is 1. The quantitative estimate of drug-likeness (QED) is 0.709. The molecule has 0 spiro atoms. The van der Waals surface area contributed by atoms with Gasteiger partial charge < -0.3 is 10.6 Å². The molecule has 0 unspecified atom stereocenters. The molecule has 134 valence electrons. The molecule has 8 heteroatoms. The molecule has 7 nitrogen and oxygen atoms in total. The van der Waals surface area contributed by atoms with Gasteiger partial charge in [0.2, 0.25) is 5.91 Å². The molecule has 3 aromatic rings. The summed E-state index contributed by atoms with van der Waals surface area (Å²) >= 11 is 1.49. The minimum atomic E-state index is -0.682. The standard InChI is InChI=1S/C18H18N4O3S/c1-21(14(23)9-13-7-8-26-11-13)15-16(19)22(18(25)20-17(15)24)10-12-5-3-2-4-6-12/h2-8,11H,9-10,19H2,1H3,(H,20,24,25). The fraction of sp³-hybridized carbons (Fsp3) is 0.167. The molecule has 1 aromatic carbocycles. The van der Waals surface area contributed by atoms with Crippen molar-refractivity contribution in [2.45, 2.75) is 13.0 Å². The van der Waals surface area contributed by atoms with Crippen LogP contribution in [0.1, 0.15) is 11.1 Å². The number of anilines is 2. The van der Waals surface area contributed by atoms with Crippen LogP contribution in [0, 0.1) is 0 Å². The molecule has 0 aliphatic rings. The van der Waals surface area contributed by atoms with E-state index < -0.39 is 11.2 Å². The molecule has 3 rings (SSSR count). The third kappa shape index (κ3) is 3.60. The van der Waals surface area contributed by atoms with Gasteiger partial charge in [-0.15, -0.1) is 0 Å². The van der Waals surface area contributed by atoms with E-state index in [1.807, 2.05) is 47.2 Å². The number of hydrogen-bond donors (Lipinski definition) is 2. The highest BCUT2D eigenvalue weighted by Gasteiger charge is 2.21. The van der Waals surface area contributed by atoms with Crippen LogP contribution < -0.4 is 21.9 Å². The van der Waals surface area contributed by atoms with Gasteiger partial charge in [0, 0.05) is 7.05 Å². The second-order valence-corrected chi connectivity index (χ2v) is 6.61. The normalized spacial score (nSPS) is 10.7. The summed E-state index contributed by atoms with van der Waals surface area (Å²) in [4.78, 5) is 40.4. The maximum absolute atomic E-state index is 12.5. The van der Waals surface area contributed by atoms with Crippen LogP contribution in [0.4, 0.5) is 11.5 Å². The molecule has 0 saturated heterocycles. The van der Waals surface area contributed by atoms with Gasteiger partial charge in [-0.1, -0.05) is 30.3 Å². The molecule has 0 aliphatic heterocycles. The van der Waals surface area contributed by atoms with Crippen LogP contribution in [-0.4, -0.2) is 22.5 Å². The van der Waals surface area contributed by atoms with Crippen LogP contribution in [0.15, 0.2) is 56.7 Å². The highest BCUT2D eigenvalue weighted by Crippen LogP contribution is 2.18. The number of nitrogens with two attached hydrogens (primary N) is 1. The van der Waals surface area contributed by atoms with Crippen molar-refractivity contribution in [2.75, 3.05) is 17.7 Å². The van der Waals surface area contributed by atoms with Crippen molar-refractivity contribution in [3.63, 3.8) is 0 Å². The molecule has 0 fully saturated rings. The minimum Gasteiger partial charge on any atom is -0.383 e. The molecule has 0 bridgehead atoms. The second kappa shape index (κ2) is 7.40. The summed E-state index contributed by atoms with van der Waals surface area (Å²) in [7, 11) is 1.48. The third-order valence-electron chi connectivity index (χ3n) is 4.04. The van der Waals surface area contributed by atoms with E-state index in [2.05, 4.69) is 4.98 Å². The maximum atomic E-state index is 12.5. The monoisotopic (exact) mass is 370 g/mol. The van der Waals surface area contributed by atoms with Gasteiger partial charge in [-0.05, 0) is 28.0 Å². The minimum absolute atomic E-state index is 0.0271. The number of rotatable bonds is 5. The topological polar surface area (TPSA) is 101 Å². The summed E-state index contributed by atoms with van der Waals surface area (Å²) in [6.45, 7) is 0.196. The highest BCUT2D eigenvalue weighted by atomic mass is 32.1. The average Bonchev–Trinajstić information content (AvgIpc) is 3.12. The van der Waals surface area contributed by atoms with Gasteiger partial charge in [-0.2, -0.15) is 11.3 Å². The van der Waals surface area contributed by atoms with Gasteiger partial charge >= 0.3 is 5.69 Å². The Morgan fingerprint density at radius 2 is 1.92 bits per heavy atom. The number of nitrogen functional groups attached to an aromatic ring is 1. The number of thiophene rings is 1. The molecule has 26 heavy (non-hydrogen) atoms. The first-order chi connectivity index (χ1) is 12.5. The van der Waals surface area contributed by atoms with Gasteiger partial charge in [0.1, 0.15) is 5.82 Å². The van der Waals surface area contributed by atoms with Crippen molar-refractivity contribution in [1.82, 2.24) is 9.55 Å². The Morgan fingerprint density at radius 3 is 2.58 bits per heavy atom. The number of H-pyrrole nitrogens is 1. The lowest BCUT2D eigenvalue weighted by Gasteiger charge is -2.20. The lowest BCUT2D eigenvalue weighted by molar-refractivity contribution is -0.117. The van der Waals surface area contributed by atoms with Crippen LogP contribution in [0.5, 0.6) is 0 Å². The Hall–Kier alpha value is -3.13. The van der Waals surface area contributed by atoms with E-state index in [1.165, 1.54) is 27.9 Å². The Kier molecular flexibility index (Phi) is 5.04. The van der Waals surface area contributed by atoms with Crippen LogP contribution in [0.3, 0.4) is 0 Å². The number of nitrogens with one attached hydrogen (secondary N) is 1. The number of carbonyl (C=O) groups excluding carboxylic acids is 1. The van der Waals surface area contributed by atoms with E-state index in [0.29, 0.717) is 0 Å². The van der Waals surface area contributed by atoms with E-state index in [1.54, 1.807) is 0 Å². The molecular weight excluding hydrogens is 352 g/mol. The lowest BCUT2D eigenvalue weighted by Crippen LogP contribution is -2.39. The molecule has 2 aromatic heterocycles. The predicted octanol–water partition coefficient (Wildman–Crippen LogP) is 1.43. The number of carbonyl (C=O) groups is 1. The first-order valence-corrected chi connectivity index (χ1v) is 8.86. The van der Waals surface area contributed by atoms with Crippen LogP contribution in [0.2, 0.25) is 0 Å². The van der Waals surface area contributed by atoms with Crippen molar-refractivity contribution in [2.24, 2.45) is 0 Å². The van der Waals surface area contributed by atoms with Gasteiger partial charge in [0.15, 0.2) is 5.69 Å². The maximum Gasteiger partial charge on any atom is 0.330 e. The van der Waals surface area contributed by atoms with E-state index in [9.17, 15) is 14.4 Å². The molecule has 3 N–H and O–H groups in total. The number of amides is 1. The lowest BCUT2D eigenvalue weighted by atomic mass is 10.2. The summed E-state index contributed by atoms with van der Waals surface area (Å²) in [6, 6.07) is 11.1. The summed E-state index contributed by atoms with van der Waals surface area (Å²) in [5.74, 6) is -0.325. The molecule has 0 saturated carbocycles. The fourth-order valence-electron chi connectivity index (χ4n) is 2.64. The van der Waals surface area contributed by atoms with Gasteiger partial charge in [-0.3, -0.25) is 19.1 Å². The molecule has 0 aliphatic carbocycles. The predicted molar refractivity (Wildman–Crippen MR) is 103 cm³/mol. The first-order valence-electron chi connectivity index (χ1n) is 7.91. The molecular formula is C18H18N4O3S. The highest BCUT2D eigenvalue weighted by molar-refractivity contribution is 7.08. The van der Waals surface area contributed by atoms with E-state index >= 15 is 0 Å². The Labute approximate surface area is 153 Å². The van der Waals surface area contributed by atoms with Crippen molar-refractivity contribution < 1.29 is 4.79 Å². The largest absolute Gasteiger partial charge is 0.383 e. The summed E-state index contributed by atoms with van der Waals surface area (Å²) in [6.07, 6.45) is 0.149. The second-order valence-electron chi connectivity index (χ2n) is 5.83. The zero-order chi connectivity index (χ0) is 18.7. The first kappa shape index (κ1) is 17.7. The number of hydrogen-bond acceptors (Lipinski definition) is 5. The Balaban J connectivity index is 1.96. The van der Waals surface area contributed by atoms with Crippen LogP contribution >= 0.6 is 11.3 Å². The van der Waals surface area contributed by atoms with E-state index in [0.717, 1.165) is 11.1 Å². The number of aromatic amines is 1. The van der Waals surface area contributed by atoms with Crippen molar-refractivity contribution in [1.29, 1.82) is 0 Å². The number of nitrogens with zero attached hydrogens (tertiary/aromatic N) is 2. The van der Waals surface area contributed by atoms with E-state index in [4.69, 9.17) is 5.73 Å². The van der Waals surface area contributed by atoms with E-state index in [-0.39, 0.29) is 30.4 Å². The van der Waals surface area contributed by atoms with Crippen LogP contribution in [0.25, 0.3) is 0 Å². The van der Waals surface area contributed by atoms with Gasteiger partial charge in [0.25, 0.3) is 5.56 Å².